The molecule has 0 saturated carbocycles. The monoisotopic (exact) mass is 373 g/mol. The van der Waals surface area contributed by atoms with E-state index < -0.39 is 21.4 Å². The zero-order chi connectivity index (χ0) is 14.7. The molecule has 0 aromatic rings. The molecule has 0 aliphatic carbocycles. The second-order valence-electron chi connectivity index (χ2n) is 6.70. The molecule has 114 valence electrons. The van der Waals surface area contributed by atoms with E-state index in [9.17, 15) is 0 Å². The topological polar surface area (TPSA) is 9.72 Å². The van der Waals surface area contributed by atoms with Crippen LogP contribution in [0.5, 0.6) is 0 Å². The summed E-state index contributed by atoms with van der Waals surface area (Å²) in [4.78, 5) is 7.01. The molecule has 0 saturated heterocycles. The van der Waals surface area contributed by atoms with Gasteiger partial charge in [0, 0.05) is 0 Å². The Hall–Kier alpha value is 0.750. The SMILES string of the molecule is CN(C)CC[CH2][In]([CH2]CCN(C)C)[CH2]CCN(C)C. The Morgan fingerprint density at radius 3 is 1.00 bits per heavy atom. The molecule has 0 N–H and O–H groups in total. The average molecular weight is 373 g/mol. The Balaban J connectivity index is 3.85. The fourth-order valence-electron chi connectivity index (χ4n) is 2.52. The zero-order valence-corrected chi connectivity index (χ0v) is 17.6. The first-order valence-electron chi connectivity index (χ1n) is 7.86. The van der Waals surface area contributed by atoms with Gasteiger partial charge in [-0.15, -0.1) is 0 Å². The van der Waals surface area contributed by atoms with Crippen LogP contribution >= 0.6 is 0 Å². The molecule has 0 aromatic carbocycles. The van der Waals surface area contributed by atoms with Gasteiger partial charge in [-0.3, -0.25) is 0 Å². The molecule has 3 nitrogen and oxygen atoms in total. The minimum absolute atomic E-state index is 1.22. The third-order valence-electron chi connectivity index (χ3n) is 3.65. The average Bonchev–Trinajstić information content (AvgIpc) is 2.26. The van der Waals surface area contributed by atoms with Crippen molar-refractivity contribution in [3.05, 3.63) is 0 Å². The van der Waals surface area contributed by atoms with E-state index in [1.807, 2.05) is 0 Å². The summed E-state index contributed by atoms with van der Waals surface area (Å²) in [5.74, 6) is 0. The van der Waals surface area contributed by atoms with Gasteiger partial charge in [0.05, 0.1) is 0 Å². The molecular formula is C15H36InN3. The molecule has 0 aliphatic rings. The molecule has 0 fully saturated rings. The van der Waals surface area contributed by atoms with Crippen molar-refractivity contribution in [2.24, 2.45) is 0 Å². The van der Waals surface area contributed by atoms with E-state index in [2.05, 4.69) is 57.0 Å². The summed E-state index contributed by atoms with van der Waals surface area (Å²) in [5.41, 5.74) is 0. The normalized spacial score (nSPS) is 11.8. The Kier molecular flexibility index (Phi) is 13.0. The van der Waals surface area contributed by atoms with Crippen molar-refractivity contribution >= 4 is 21.4 Å². The molecule has 4 heteroatoms. The molecule has 0 heterocycles. The van der Waals surface area contributed by atoms with Gasteiger partial charge in [-0.05, 0) is 0 Å². The van der Waals surface area contributed by atoms with E-state index in [0.717, 1.165) is 0 Å². The number of hydrogen-bond donors (Lipinski definition) is 0. The van der Waals surface area contributed by atoms with Crippen molar-refractivity contribution in [2.45, 2.75) is 31.8 Å². The summed E-state index contributed by atoms with van der Waals surface area (Å²) in [5, 5.41) is 0. The molecule has 0 rings (SSSR count). The van der Waals surface area contributed by atoms with Crippen LogP contribution in [0, 0.1) is 0 Å². The Morgan fingerprint density at radius 2 is 0.789 bits per heavy atom. The Labute approximate surface area is 129 Å². The van der Waals surface area contributed by atoms with Crippen LogP contribution in [-0.4, -0.2) is 98.1 Å². The molecule has 0 spiro atoms. The second kappa shape index (κ2) is 12.5. The fourth-order valence-corrected chi connectivity index (χ4v) is 11.5. The van der Waals surface area contributed by atoms with Gasteiger partial charge < -0.3 is 0 Å². The van der Waals surface area contributed by atoms with Gasteiger partial charge in [-0.1, -0.05) is 0 Å². The van der Waals surface area contributed by atoms with Gasteiger partial charge in [0.15, 0.2) is 0 Å². The van der Waals surface area contributed by atoms with Gasteiger partial charge in [0.2, 0.25) is 0 Å². The third kappa shape index (κ3) is 15.0. The number of nitrogens with zero attached hydrogens (tertiary/aromatic N) is 3. The molecule has 0 amide bonds. The Bertz CT molecular complexity index is 163. The van der Waals surface area contributed by atoms with Gasteiger partial charge in [-0.2, -0.15) is 0 Å². The standard InChI is InChI=1S/3C5H12N.In/c3*1-4-5-6(2)3;/h3*1,4-5H2,2-3H3;. The van der Waals surface area contributed by atoms with Gasteiger partial charge in [-0.25, -0.2) is 0 Å². The maximum atomic E-state index is 2.34. The first-order chi connectivity index (χ1) is 8.91. The summed E-state index contributed by atoms with van der Waals surface area (Å²) in [6, 6.07) is 0. The molecule has 0 atom stereocenters. The van der Waals surface area contributed by atoms with Crippen LogP contribution in [-0.2, 0) is 0 Å². The van der Waals surface area contributed by atoms with Gasteiger partial charge in [0.1, 0.15) is 0 Å². The quantitative estimate of drug-likeness (QED) is 0.520. The van der Waals surface area contributed by atoms with Gasteiger partial charge >= 0.3 is 130 Å². The van der Waals surface area contributed by atoms with Crippen LogP contribution in [0.25, 0.3) is 0 Å². The zero-order valence-electron chi connectivity index (χ0n) is 14.3. The maximum absolute atomic E-state index is 2.34. The molecule has 0 bridgehead atoms. The van der Waals surface area contributed by atoms with Crippen molar-refractivity contribution in [3.8, 4) is 0 Å². The first kappa shape index (κ1) is 19.8. The predicted octanol–water partition coefficient (Wildman–Crippen LogP) is 2.34. The third-order valence-corrected chi connectivity index (χ3v) is 14.1. The fraction of sp³-hybridized carbons (Fsp3) is 1.00. The van der Waals surface area contributed by atoms with Crippen molar-refractivity contribution in [1.82, 2.24) is 14.7 Å². The molecule has 0 aromatic heterocycles. The Morgan fingerprint density at radius 1 is 0.526 bits per heavy atom. The van der Waals surface area contributed by atoms with Crippen molar-refractivity contribution in [1.29, 1.82) is 0 Å². The van der Waals surface area contributed by atoms with Crippen LogP contribution in [0.15, 0.2) is 0 Å². The van der Waals surface area contributed by atoms with Crippen LogP contribution in [0.3, 0.4) is 0 Å². The first-order valence-corrected chi connectivity index (χ1v) is 14.8. The number of rotatable bonds is 12. The van der Waals surface area contributed by atoms with Crippen molar-refractivity contribution in [2.75, 3.05) is 61.9 Å². The van der Waals surface area contributed by atoms with Crippen LogP contribution in [0.2, 0.25) is 12.5 Å². The van der Waals surface area contributed by atoms with E-state index in [1.165, 1.54) is 38.9 Å². The van der Waals surface area contributed by atoms with E-state index in [4.69, 9.17) is 0 Å². The summed E-state index contributed by atoms with van der Waals surface area (Å²) in [6.45, 7) is 3.86. The molecule has 0 aliphatic heterocycles. The van der Waals surface area contributed by atoms with Crippen LogP contribution < -0.4 is 0 Å². The predicted molar refractivity (Wildman–Crippen MR) is 89.7 cm³/mol. The summed E-state index contributed by atoms with van der Waals surface area (Å²) >= 11 is -1.22. The second-order valence-corrected chi connectivity index (χ2v) is 16.6. The summed E-state index contributed by atoms with van der Waals surface area (Å²) < 4.78 is 4.84. The van der Waals surface area contributed by atoms with Crippen molar-refractivity contribution < 1.29 is 0 Å². The molecule has 19 heavy (non-hydrogen) atoms. The van der Waals surface area contributed by atoms with E-state index in [-0.39, 0.29) is 0 Å². The van der Waals surface area contributed by atoms with Crippen LogP contribution in [0.1, 0.15) is 19.3 Å². The molecule has 0 unspecified atom stereocenters. The summed E-state index contributed by atoms with van der Waals surface area (Å²) in [6.07, 6.45) is 4.33. The van der Waals surface area contributed by atoms with E-state index in [1.54, 1.807) is 12.5 Å². The van der Waals surface area contributed by atoms with E-state index in [0.29, 0.717) is 0 Å². The summed E-state index contributed by atoms with van der Waals surface area (Å²) in [7, 11) is 13.2. The van der Waals surface area contributed by atoms with Crippen LogP contribution in [0.4, 0.5) is 0 Å². The number of hydrogen-bond acceptors (Lipinski definition) is 3. The van der Waals surface area contributed by atoms with E-state index >= 15 is 0 Å². The molecular weight excluding hydrogens is 337 g/mol. The molecule has 0 radical (unpaired) electrons. The minimum atomic E-state index is -1.22. The van der Waals surface area contributed by atoms with Crippen molar-refractivity contribution in [3.63, 3.8) is 0 Å². The van der Waals surface area contributed by atoms with Gasteiger partial charge in [0.25, 0.3) is 0 Å².